The number of rotatable bonds is 4. The van der Waals surface area contributed by atoms with Gasteiger partial charge < -0.3 is 15.5 Å². The minimum atomic E-state index is 0.0707. The molecule has 2 aliphatic rings. The van der Waals surface area contributed by atoms with E-state index in [0.717, 1.165) is 32.5 Å². The summed E-state index contributed by atoms with van der Waals surface area (Å²) in [5.41, 5.74) is 0. The Hall–Kier alpha value is -0.610. The fourth-order valence-electron chi connectivity index (χ4n) is 2.55. The maximum atomic E-state index is 11.7. The van der Waals surface area contributed by atoms with Crippen LogP contribution in [-0.2, 0) is 4.79 Å². The van der Waals surface area contributed by atoms with E-state index in [9.17, 15) is 4.79 Å². The number of likely N-dealkylation sites (tertiary alicyclic amines) is 1. The van der Waals surface area contributed by atoms with Crippen LogP contribution in [0.1, 0.15) is 32.1 Å². The van der Waals surface area contributed by atoms with Crippen LogP contribution >= 0.6 is 0 Å². The number of carbonyl (C=O) groups excluding carboxylic acids is 1. The first-order valence-corrected chi connectivity index (χ1v) is 6.60. The second kappa shape index (κ2) is 6.21. The molecule has 0 unspecified atom stereocenters. The molecule has 2 fully saturated rings. The van der Waals surface area contributed by atoms with Gasteiger partial charge in [0.2, 0.25) is 5.91 Å². The lowest BCUT2D eigenvalue weighted by Crippen LogP contribution is -2.44. The van der Waals surface area contributed by atoms with Gasteiger partial charge in [0.25, 0.3) is 0 Å². The van der Waals surface area contributed by atoms with Gasteiger partial charge in [-0.2, -0.15) is 0 Å². The fraction of sp³-hybridized carbons (Fsp3) is 0.917. The zero-order chi connectivity index (χ0) is 11.2. The molecular formula is C12H23N3O. The van der Waals surface area contributed by atoms with E-state index in [1.54, 1.807) is 0 Å². The highest BCUT2D eigenvalue weighted by molar-refractivity contribution is 5.81. The summed E-state index contributed by atoms with van der Waals surface area (Å²) in [6, 6.07) is 0.0707. The fourth-order valence-corrected chi connectivity index (χ4v) is 2.55. The molecule has 1 atom stereocenters. The van der Waals surface area contributed by atoms with Crippen LogP contribution in [0.4, 0.5) is 0 Å². The largest absolute Gasteiger partial charge is 0.353 e. The second-order valence-corrected chi connectivity index (χ2v) is 4.84. The first kappa shape index (κ1) is 11.9. The smallest absolute Gasteiger partial charge is 0.237 e. The molecule has 0 spiro atoms. The molecule has 0 aromatic heterocycles. The van der Waals surface area contributed by atoms with Crippen molar-refractivity contribution in [1.82, 2.24) is 15.5 Å². The third kappa shape index (κ3) is 3.46. The number of nitrogens with one attached hydrogen (secondary N) is 2. The van der Waals surface area contributed by atoms with Crippen molar-refractivity contribution in [1.29, 1.82) is 0 Å². The van der Waals surface area contributed by atoms with Crippen molar-refractivity contribution in [2.75, 3.05) is 32.7 Å². The number of hydrogen-bond acceptors (Lipinski definition) is 3. The lowest BCUT2D eigenvalue weighted by atomic mass is 10.1. The molecule has 0 aliphatic carbocycles. The molecule has 2 heterocycles. The first-order chi connectivity index (χ1) is 7.86. The zero-order valence-electron chi connectivity index (χ0n) is 10.0. The Labute approximate surface area is 97.8 Å². The van der Waals surface area contributed by atoms with E-state index in [2.05, 4.69) is 15.5 Å². The SMILES string of the molecule is O=C(NCCN1CCCCC1)[C@H]1CCCN1. The molecular weight excluding hydrogens is 202 g/mol. The minimum absolute atomic E-state index is 0.0707. The van der Waals surface area contributed by atoms with Crippen molar-refractivity contribution < 1.29 is 4.79 Å². The van der Waals surface area contributed by atoms with Crippen LogP contribution in [0.15, 0.2) is 0 Å². The van der Waals surface area contributed by atoms with Crippen molar-refractivity contribution >= 4 is 5.91 Å². The summed E-state index contributed by atoms with van der Waals surface area (Å²) < 4.78 is 0. The second-order valence-electron chi connectivity index (χ2n) is 4.84. The highest BCUT2D eigenvalue weighted by Gasteiger charge is 2.21. The monoisotopic (exact) mass is 225 g/mol. The van der Waals surface area contributed by atoms with Gasteiger partial charge in [0, 0.05) is 13.1 Å². The zero-order valence-corrected chi connectivity index (χ0v) is 10.0. The van der Waals surface area contributed by atoms with E-state index in [0.29, 0.717) is 0 Å². The molecule has 2 saturated heterocycles. The Morgan fingerprint density at radius 3 is 2.75 bits per heavy atom. The Bertz CT molecular complexity index is 220. The molecule has 1 amide bonds. The van der Waals surface area contributed by atoms with Gasteiger partial charge >= 0.3 is 0 Å². The molecule has 4 heteroatoms. The molecule has 4 nitrogen and oxygen atoms in total. The predicted octanol–water partition coefficient (Wildman–Crippen LogP) is 0.341. The van der Waals surface area contributed by atoms with Gasteiger partial charge in [0.05, 0.1) is 6.04 Å². The van der Waals surface area contributed by atoms with Crippen molar-refractivity contribution in [2.24, 2.45) is 0 Å². The van der Waals surface area contributed by atoms with Crippen LogP contribution in [0.2, 0.25) is 0 Å². The third-order valence-corrected chi connectivity index (χ3v) is 3.55. The number of amides is 1. The van der Waals surface area contributed by atoms with Crippen molar-refractivity contribution in [3.63, 3.8) is 0 Å². The van der Waals surface area contributed by atoms with Gasteiger partial charge in [0.1, 0.15) is 0 Å². The molecule has 16 heavy (non-hydrogen) atoms. The maximum absolute atomic E-state index is 11.7. The Morgan fingerprint density at radius 1 is 1.25 bits per heavy atom. The summed E-state index contributed by atoms with van der Waals surface area (Å²) in [5, 5.41) is 6.25. The minimum Gasteiger partial charge on any atom is -0.353 e. The van der Waals surface area contributed by atoms with Crippen LogP contribution in [0.5, 0.6) is 0 Å². The summed E-state index contributed by atoms with van der Waals surface area (Å²) in [6.45, 7) is 5.22. The summed E-state index contributed by atoms with van der Waals surface area (Å²) in [6.07, 6.45) is 6.13. The Morgan fingerprint density at radius 2 is 2.06 bits per heavy atom. The van der Waals surface area contributed by atoms with Gasteiger partial charge in [-0.3, -0.25) is 4.79 Å². The lowest BCUT2D eigenvalue weighted by molar-refractivity contribution is -0.122. The summed E-state index contributed by atoms with van der Waals surface area (Å²) in [4.78, 5) is 14.1. The van der Waals surface area contributed by atoms with Gasteiger partial charge in [-0.05, 0) is 45.3 Å². The van der Waals surface area contributed by atoms with E-state index >= 15 is 0 Å². The van der Waals surface area contributed by atoms with Crippen LogP contribution in [0.25, 0.3) is 0 Å². The predicted molar refractivity (Wildman–Crippen MR) is 64.3 cm³/mol. The summed E-state index contributed by atoms with van der Waals surface area (Å²) in [7, 11) is 0. The van der Waals surface area contributed by atoms with E-state index in [4.69, 9.17) is 0 Å². The van der Waals surface area contributed by atoms with Crippen LogP contribution in [0, 0.1) is 0 Å². The number of hydrogen-bond donors (Lipinski definition) is 2. The molecule has 92 valence electrons. The van der Waals surface area contributed by atoms with E-state index < -0.39 is 0 Å². The normalized spacial score (nSPS) is 26.9. The third-order valence-electron chi connectivity index (χ3n) is 3.55. The van der Waals surface area contributed by atoms with Crippen molar-refractivity contribution in [3.05, 3.63) is 0 Å². The number of piperidine rings is 1. The molecule has 0 aromatic carbocycles. The topological polar surface area (TPSA) is 44.4 Å². The number of nitrogens with zero attached hydrogens (tertiary/aromatic N) is 1. The molecule has 2 N–H and O–H groups in total. The van der Waals surface area contributed by atoms with Crippen LogP contribution < -0.4 is 10.6 Å². The quantitative estimate of drug-likeness (QED) is 0.725. The molecule has 0 radical (unpaired) electrons. The van der Waals surface area contributed by atoms with Gasteiger partial charge in [0.15, 0.2) is 0 Å². The average molecular weight is 225 g/mol. The van der Waals surface area contributed by atoms with Crippen molar-refractivity contribution in [3.8, 4) is 0 Å². The Kier molecular flexibility index (Phi) is 4.60. The molecule has 0 bridgehead atoms. The van der Waals surface area contributed by atoms with Gasteiger partial charge in [-0.1, -0.05) is 6.42 Å². The van der Waals surface area contributed by atoms with Gasteiger partial charge in [-0.15, -0.1) is 0 Å². The molecule has 0 saturated carbocycles. The maximum Gasteiger partial charge on any atom is 0.237 e. The van der Waals surface area contributed by atoms with Crippen LogP contribution in [0.3, 0.4) is 0 Å². The molecule has 2 aliphatic heterocycles. The highest BCUT2D eigenvalue weighted by Crippen LogP contribution is 2.07. The van der Waals surface area contributed by atoms with Crippen LogP contribution in [-0.4, -0.2) is 49.6 Å². The van der Waals surface area contributed by atoms with Crippen molar-refractivity contribution in [2.45, 2.75) is 38.1 Å². The molecule has 2 rings (SSSR count). The average Bonchev–Trinajstić information content (AvgIpc) is 2.84. The standard InChI is InChI=1S/C12H23N3O/c16-12(11-5-4-6-13-11)14-7-10-15-8-2-1-3-9-15/h11,13H,1-10H2,(H,14,16)/t11-/m1/s1. The first-order valence-electron chi connectivity index (χ1n) is 6.60. The summed E-state index contributed by atoms with van der Waals surface area (Å²) in [5.74, 6) is 0.189. The summed E-state index contributed by atoms with van der Waals surface area (Å²) >= 11 is 0. The lowest BCUT2D eigenvalue weighted by Gasteiger charge is -2.26. The highest BCUT2D eigenvalue weighted by atomic mass is 16.2. The Balaban J connectivity index is 1.57. The van der Waals surface area contributed by atoms with E-state index in [1.807, 2.05) is 0 Å². The number of carbonyl (C=O) groups is 1. The van der Waals surface area contributed by atoms with E-state index in [-0.39, 0.29) is 11.9 Å². The molecule has 0 aromatic rings. The van der Waals surface area contributed by atoms with Gasteiger partial charge in [-0.25, -0.2) is 0 Å². The van der Waals surface area contributed by atoms with E-state index in [1.165, 1.54) is 32.4 Å².